The van der Waals surface area contributed by atoms with Gasteiger partial charge in [0.2, 0.25) is 10.0 Å². The van der Waals surface area contributed by atoms with E-state index >= 15 is 0 Å². The standard InChI is InChI=1S/C10H20N2O4S/c1-11(2)9-4-3-6-12(8-9)17(15,16)7-5-10(13)14/h9H,3-8H2,1-2H3,(H,13,14). The molecule has 0 radical (unpaired) electrons. The molecule has 1 saturated heterocycles. The second kappa shape index (κ2) is 5.79. The first kappa shape index (κ1) is 14.4. The first-order valence-electron chi connectivity index (χ1n) is 5.69. The molecule has 1 N–H and O–H groups in total. The van der Waals surface area contributed by atoms with Gasteiger partial charge in [0.1, 0.15) is 0 Å². The summed E-state index contributed by atoms with van der Waals surface area (Å²) in [5, 5.41) is 8.52. The number of likely N-dealkylation sites (N-methyl/N-ethyl adjacent to an activating group) is 1. The van der Waals surface area contributed by atoms with Crippen molar-refractivity contribution < 1.29 is 18.3 Å². The van der Waals surface area contributed by atoms with E-state index in [1.807, 2.05) is 19.0 Å². The molecule has 1 unspecified atom stereocenters. The molecular formula is C10H20N2O4S. The van der Waals surface area contributed by atoms with E-state index in [1.165, 1.54) is 4.31 Å². The Morgan fingerprint density at radius 2 is 2.12 bits per heavy atom. The topological polar surface area (TPSA) is 77.9 Å². The summed E-state index contributed by atoms with van der Waals surface area (Å²) in [5.74, 6) is -1.38. The van der Waals surface area contributed by atoms with Gasteiger partial charge in [-0.05, 0) is 26.9 Å². The van der Waals surface area contributed by atoms with Crippen molar-refractivity contribution in [2.24, 2.45) is 0 Å². The summed E-state index contributed by atoms with van der Waals surface area (Å²) in [6.45, 7) is 0.973. The third-order valence-corrected chi connectivity index (χ3v) is 4.90. The molecule has 1 rings (SSSR count). The van der Waals surface area contributed by atoms with Crippen LogP contribution in [-0.4, -0.2) is 67.7 Å². The van der Waals surface area contributed by atoms with Gasteiger partial charge in [0.05, 0.1) is 12.2 Å². The van der Waals surface area contributed by atoms with Crippen LogP contribution in [0.15, 0.2) is 0 Å². The molecule has 1 heterocycles. The molecule has 0 spiro atoms. The summed E-state index contributed by atoms with van der Waals surface area (Å²) in [6.07, 6.45) is 1.48. The average molecular weight is 264 g/mol. The summed E-state index contributed by atoms with van der Waals surface area (Å²) in [5.41, 5.74) is 0. The molecule has 0 aromatic rings. The van der Waals surface area contributed by atoms with Gasteiger partial charge < -0.3 is 10.0 Å². The highest BCUT2D eigenvalue weighted by Gasteiger charge is 2.29. The van der Waals surface area contributed by atoms with Gasteiger partial charge in [0.15, 0.2) is 0 Å². The third kappa shape index (κ3) is 4.25. The maximum absolute atomic E-state index is 11.9. The molecule has 7 heteroatoms. The van der Waals surface area contributed by atoms with Gasteiger partial charge in [-0.25, -0.2) is 12.7 Å². The number of sulfonamides is 1. The fourth-order valence-corrected chi connectivity index (χ4v) is 3.44. The van der Waals surface area contributed by atoms with Crippen LogP contribution in [0.1, 0.15) is 19.3 Å². The summed E-state index contributed by atoms with van der Waals surface area (Å²) >= 11 is 0. The van der Waals surface area contributed by atoms with Gasteiger partial charge in [0, 0.05) is 19.1 Å². The zero-order chi connectivity index (χ0) is 13.1. The number of carbonyl (C=O) groups is 1. The monoisotopic (exact) mass is 264 g/mol. The summed E-state index contributed by atoms with van der Waals surface area (Å²) in [7, 11) is 0.438. The van der Waals surface area contributed by atoms with Gasteiger partial charge in [-0.15, -0.1) is 0 Å². The first-order valence-corrected chi connectivity index (χ1v) is 7.30. The molecule has 1 aliphatic heterocycles. The molecule has 0 aromatic heterocycles. The van der Waals surface area contributed by atoms with Crippen LogP contribution >= 0.6 is 0 Å². The Balaban J connectivity index is 2.61. The van der Waals surface area contributed by atoms with Crippen molar-refractivity contribution in [1.29, 1.82) is 0 Å². The number of hydrogen-bond donors (Lipinski definition) is 1. The number of nitrogens with zero attached hydrogens (tertiary/aromatic N) is 2. The van der Waals surface area contributed by atoms with Gasteiger partial charge in [-0.2, -0.15) is 0 Å². The van der Waals surface area contributed by atoms with E-state index in [0.29, 0.717) is 13.1 Å². The molecule has 0 aliphatic carbocycles. The molecule has 0 aromatic carbocycles. The quantitative estimate of drug-likeness (QED) is 0.745. The van der Waals surface area contributed by atoms with Crippen molar-refractivity contribution in [2.75, 3.05) is 32.9 Å². The van der Waals surface area contributed by atoms with Crippen molar-refractivity contribution in [1.82, 2.24) is 9.21 Å². The van der Waals surface area contributed by atoms with E-state index in [9.17, 15) is 13.2 Å². The zero-order valence-electron chi connectivity index (χ0n) is 10.3. The Bertz CT molecular complexity index is 367. The Morgan fingerprint density at radius 1 is 1.47 bits per heavy atom. The van der Waals surface area contributed by atoms with Crippen molar-refractivity contribution >= 4 is 16.0 Å². The highest BCUT2D eigenvalue weighted by molar-refractivity contribution is 7.89. The number of carboxylic acid groups (broad SMARTS) is 1. The second-order valence-electron chi connectivity index (χ2n) is 4.58. The highest BCUT2D eigenvalue weighted by Crippen LogP contribution is 2.17. The molecule has 0 bridgehead atoms. The first-order chi connectivity index (χ1) is 7.83. The minimum absolute atomic E-state index is 0.225. The Labute approximate surface area is 102 Å². The molecule has 0 saturated carbocycles. The molecule has 6 nitrogen and oxygen atoms in total. The summed E-state index contributed by atoms with van der Waals surface area (Å²) < 4.78 is 25.2. The average Bonchev–Trinajstić information content (AvgIpc) is 2.27. The van der Waals surface area contributed by atoms with Gasteiger partial charge in [-0.3, -0.25) is 4.79 Å². The SMILES string of the molecule is CN(C)C1CCCN(S(=O)(=O)CCC(=O)O)C1. The molecule has 1 fully saturated rings. The molecule has 0 amide bonds. The number of piperidine rings is 1. The van der Waals surface area contributed by atoms with E-state index in [4.69, 9.17) is 5.11 Å². The van der Waals surface area contributed by atoms with Crippen LogP contribution in [-0.2, 0) is 14.8 Å². The van der Waals surface area contributed by atoms with E-state index in [2.05, 4.69) is 0 Å². The normalized spacial score (nSPS) is 22.9. The predicted octanol–water partition coefficient (Wildman–Crippen LogP) is -0.183. The molecule has 100 valence electrons. The Hall–Kier alpha value is -0.660. The fourth-order valence-electron chi connectivity index (χ4n) is 1.94. The number of rotatable bonds is 5. The minimum atomic E-state index is -3.42. The summed E-state index contributed by atoms with van der Waals surface area (Å²) in [6, 6.07) is 0.225. The van der Waals surface area contributed by atoms with E-state index < -0.39 is 16.0 Å². The van der Waals surface area contributed by atoms with Crippen LogP contribution in [0.3, 0.4) is 0 Å². The second-order valence-corrected chi connectivity index (χ2v) is 6.67. The van der Waals surface area contributed by atoms with Crippen LogP contribution in [0.25, 0.3) is 0 Å². The lowest BCUT2D eigenvalue weighted by Gasteiger charge is -2.35. The Kier molecular flexibility index (Phi) is 4.91. The van der Waals surface area contributed by atoms with Crippen LogP contribution < -0.4 is 0 Å². The van der Waals surface area contributed by atoms with Gasteiger partial charge >= 0.3 is 5.97 Å². The Morgan fingerprint density at radius 3 is 2.65 bits per heavy atom. The van der Waals surface area contributed by atoms with Crippen molar-refractivity contribution in [2.45, 2.75) is 25.3 Å². The summed E-state index contributed by atoms with van der Waals surface area (Å²) in [4.78, 5) is 12.4. The van der Waals surface area contributed by atoms with Crippen molar-refractivity contribution in [3.05, 3.63) is 0 Å². The molecule has 17 heavy (non-hydrogen) atoms. The van der Waals surface area contributed by atoms with Crippen molar-refractivity contribution in [3.63, 3.8) is 0 Å². The predicted molar refractivity (Wildman–Crippen MR) is 64.3 cm³/mol. The fraction of sp³-hybridized carbons (Fsp3) is 0.900. The lowest BCUT2D eigenvalue weighted by Crippen LogP contribution is -2.48. The number of hydrogen-bond acceptors (Lipinski definition) is 4. The van der Waals surface area contributed by atoms with Crippen LogP contribution in [0.4, 0.5) is 0 Å². The maximum Gasteiger partial charge on any atom is 0.304 e. The molecule has 1 atom stereocenters. The maximum atomic E-state index is 11.9. The molecular weight excluding hydrogens is 244 g/mol. The number of carboxylic acids is 1. The zero-order valence-corrected chi connectivity index (χ0v) is 11.1. The van der Waals surface area contributed by atoms with Gasteiger partial charge in [-0.1, -0.05) is 0 Å². The number of aliphatic carboxylic acids is 1. The minimum Gasteiger partial charge on any atom is -0.481 e. The van der Waals surface area contributed by atoms with Crippen LogP contribution in [0.5, 0.6) is 0 Å². The van der Waals surface area contributed by atoms with E-state index in [-0.39, 0.29) is 18.2 Å². The molecule has 1 aliphatic rings. The van der Waals surface area contributed by atoms with Crippen molar-refractivity contribution in [3.8, 4) is 0 Å². The van der Waals surface area contributed by atoms with E-state index in [0.717, 1.165) is 12.8 Å². The smallest absolute Gasteiger partial charge is 0.304 e. The lowest BCUT2D eigenvalue weighted by molar-refractivity contribution is -0.136. The van der Waals surface area contributed by atoms with Crippen LogP contribution in [0.2, 0.25) is 0 Å². The third-order valence-electron chi connectivity index (χ3n) is 3.06. The van der Waals surface area contributed by atoms with Crippen LogP contribution in [0, 0.1) is 0 Å². The highest BCUT2D eigenvalue weighted by atomic mass is 32.2. The van der Waals surface area contributed by atoms with Gasteiger partial charge in [0.25, 0.3) is 0 Å². The lowest BCUT2D eigenvalue weighted by atomic mass is 10.1. The largest absolute Gasteiger partial charge is 0.481 e. The van der Waals surface area contributed by atoms with E-state index in [1.54, 1.807) is 0 Å².